The first-order chi connectivity index (χ1) is 9.19. The van der Waals surface area contributed by atoms with Crippen molar-refractivity contribution in [2.45, 2.75) is 26.2 Å². The number of aromatic nitrogens is 2. The molecule has 2 rings (SSSR count). The molecule has 0 saturated heterocycles. The zero-order chi connectivity index (χ0) is 13.7. The molecule has 5 heteroatoms. The van der Waals surface area contributed by atoms with E-state index in [1.54, 1.807) is 6.20 Å². The molecule has 2 aromatic rings. The summed E-state index contributed by atoms with van der Waals surface area (Å²) in [5.41, 5.74) is 7.27. The van der Waals surface area contributed by atoms with Gasteiger partial charge in [0.05, 0.1) is 11.7 Å². The fraction of sp³-hybridized carbons (Fsp3) is 0.429. The van der Waals surface area contributed by atoms with E-state index in [0.29, 0.717) is 18.9 Å². The summed E-state index contributed by atoms with van der Waals surface area (Å²) in [5.74, 6) is 0.541. The molecule has 0 fully saturated rings. The quantitative estimate of drug-likeness (QED) is 0.745. The summed E-state index contributed by atoms with van der Waals surface area (Å²) in [6, 6.07) is 5.71. The predicted molar refractivity (Wildman–Crippen MR) is 76.8 cm³/mol. The van der Waals surface area contributed by atoms with Crippen LogP contribution < -0.4 is 11.1 Å². The van der Waals surface area contributed by atoms with Gasteiger partial charge in [-0.3, -0.25) is 9.89 Å². The highest BCUT2D eigenvalue weighted by molar-refractivity contribution is 5.93. The van der Waals surface area contributed by atoms with Crippen molar-refractivity contribution in [2.75, 3.05) is 11.9 Å². The Hall–Kier alpha value is -1.88. The van der Waals surface area contributed by atoms with Gasteiger partial charge in [-0.15, -0.1) is 0 Å². The van der Waals surface area contributed by atoms with Crippen LogP contribution in [0.15, 0.2) is 24.4 Å². The molecule has 1 aromatic heterocycles. The van der Waals surface area contributed by atoms with Gasteiger partial charge in [0.2, 0.25) is 5.91 Å². The second-order valence-electron chi connectivity index (χ2n) is 4.94. The van der Waals surface area contributed by atoms with Crippen LogP contribution >= 0.6 is 0 Å². The highest BCUT2D eigenvalue weighted by atomic mass is 16.1. The lowest BCUT2D eigenvalue weighted by atomic mass is 10.0. The van der Waals surface area contributed by atoms with Gasteiger partial charge in [-0.2, -0.15) is 5.10 Å². The van der Waals surface area contributed by atoms with Crippen molar-refractivity contribution in [3.63, 3.8) is 0 Å². The molecule has 0 saturated carbocycles. The molecular formula is C14H20N4O. The molecule has 0 radical (unpaired) electrons. The average molecular weight is 260 g/mol. The average Bonchev–Trinajstić information content (AvgIpc) is 2.84. The number of anilines is 1. The van der Waals surface area contributed by atoms with Crippen LogP contribution in [-0.4, -0.2) is 22.6 Å². The number of hydrogen-bond donors (Lipinski definition) is 3. The van der Waals surface area contributed by atoms with E-state index in [2.05, 4.69) is 22.4 Å². The first-order valence-electron chi connectivity index (χ1n) is 6.62. The fourth-order valence-corrected chi connectivity index (χ4v) is 2.05. The molecule has 0 aliphatic carbocycles. The highest BCUT2D eigenvalue weighted by Crippen LogP contribution is 2.17. The van der Waals surface area contributed by atoms with Crippen molar-refractivity contribution in [3.05, 3.63) is 24.4 Å². The fourth-order valence-electron chi connectivity index (χ4n) is 2.05. The molecule has 1 amide bonds. The number of aromatic amines is 1. The smallest absolute Gasteiger partial charge is 0.224 e. The summed E-state index contributed by atoms with van der Waals surface area (Å²) in [7, 11) is 0. The van der Waals surface area contributed by atoms with Crippen LogP contribution in [0.5, 0.6) is 0 Å². The second kappa shape index (κ2) is 6.33. The van der Waals surface area contributed by atoms with E-state index in [1.165, 1.54) is 0 Å². The summed E-state index contributed by atoms with van der Waals surface area (Å²) < 4.78 is 0. The lowest BCUT2D eigenvalue weighted by Gasteiger charge is -2.10. The van der Waals surface area contributed by atoms with Crippen molar-refractivity contribution < 1.29 is 4.79 Å². The third kappa shape index (κ3) is 3.79. The number of rotatable bonds is 6. The molecule has 4 N–H and O–H groups in total. The van der Waals surface area contributed by atoms with Crippen molar-refractivity contribution in [2.24, 2.45) is 11.7 Å². The number of fused-ring (bicyclic) bond motifs is 1. The lowest BCUT2D eigenvalue weighted by Crippen LogP contribution is -2.14. The van der Waals surface area contributed by atoms with Crippen LogP contribution in [0.3, 0.4) is 0 Å². The van der Waals surface area contributed by atoms with Gasteiger partial charge in [-0.05, 0) is 43.5 Å². The lowest BCUT2D eigenvalue weighted by molar-refractivity contribution is -0.116. The van der Waals surface area contributed by atoms with Gasteiger partial charge < -0.3 is 11.1 Å². The van der Waals surface area contributed by atoms with Gasteiger partial charge in [0.25, 0.3) is 0 Å². The number of nitrogens with zero attached hydrogens (tertiary/aromatic N) is 1. The molecule has 0 spiro atoms. The summed E-state index contributed by atoms with van der Waals surface area (Å²) in [6.07, 6.45) is 4.12. The van der Waals surface area contributed by atoms with E-state index in [9.17, 15) is 4.79 Å². The van der Waals surface area contributed by atoms with Gasteiger partial charge in [0.15, 0.2) is 0 Å². The molecule has 1 aromatic carbocycles. The standard InChI is InChI=1S/C14H20N4O/c1-10(6-7-15)2-5-14(19)17-12-3-4-13-11(8-12)9-16-18-13/h3-4,8-10H,2,5-7,15H2,1H3,(H,16,18)(H,17,19). The maximum atomic E-state index is 11.8. The van der Waals surface area contributed by atoms with Crippen LogP contribution in [0.1, 0.15) is 26.2 Å². The maximum absolute atomic E-state index is 11.8. The summed E-state index contributed by atoms with van der Waals surface area (Å²) in [4.78, 5) is 11.8. The zero-order valence-corrected chi connectivity index (χ0v) is 11.1. The van der Waals surface area contributed by atoms with Crippen molar-refractivity contribution >= 4 is 22.5 Å². The molecule has 0 bridgehead atoms. The number of nitrogens with two attached hydrogens (primary N) is 1. The summed E-state index contributed by atoms with van der Waals surface area (Å²) in [5, 5.41) is 10.7. The third-order valence-electron chi connectivity index (χ3n) is 3.25. The third-order valence-corrected chi connectivity index (χ3v) is 3.25. The predicted octanol–water partition coefficient (Wildman–Crippen LogP) is 2.27. The molecule has 1 heterocycles. The van der Waals surface area contributed by atoms with Gasteiger partial charge in [0, 0.05) is 17.5 Å². The number of nitrogens with one attached hydrogen (secondary N) is 2. The normalized spacial score (nSPS) is 12.5. The summed E-state index contributed by atoms with van der Waals surface area (Å²) in [6.45, 7) is 2.80. The van der Waals surface area contributed by atoms with E-state index < -0.39 is 0 Å². The van der Waals surface area contributed by atoms with Gasteiger partial charge in [-0.1, -0.05) is 6.92 Å². The number of H-pyrrole nitrogens is 1. The Morgan fingerprint density at radius 1 is 1.47 bits per heavy atom. The van der Waals surface area contributed by atoms with Crippen molar-refractivity contribution in [3.8, 4) is 0 Å². The first kappa shape index (κ1) is 13.5. The minimum Gasteiger partial charge on any atom is -0.330 e. The van der Waals surface area contributed by atoms with E-state index in [4.69, 9.17) is 5.73 Å². The minimum absolute atomic E-state index is 0.0479. The molecule has 0 aliphatic heterocycles. The Kier molecular flexibility index (Phi) is 4.52. The van der Waals surface area contributed by atoms with E-state index in [0.717, 1.165) is 29.4 Å². The Labute approximate surface area is 112 Å². The van der Waals surface area contributed by atoms with Gasteiger partial charge >= 0.3 is 0 Å². The zero-order valence-electron chi connectivity index (χ0n) is 11.1. The second-order valence-corrected chi connectivity index (χ2v) is 4.94. The minimum atomic E-state index is 0.0479. The maximum Gasteiger partial charge on any atom is 0.224 e. The SMILES string of the molecule is CC(CCN)CCC(=O)Nc1ccc2[nH]ncc2c1. The van der Waals surface area contributed by atoms with E-state index in [1.807, 2.05) is 18.2 Å². The van der Waals surface area contributed by atoms with Gasteiger partial charge in [-0.25, -0.2) is 0 Å². The highest BCUT2D eigenvalue weighted by Gasteiger charge is 2.07. The number of carbonyl (C=O) groups is 1. The van der Waals surface area contributed by atoms with Crippen LogP contribution in [0.2, 0.25) is 0 Å². The van der Waals surface area contributed by atoms with Gasteiger partial charge in [0.1, 0.15) is 0 Å². The molecule has 19 heavy (non-hydrogen) atoms. The van der Waals surface area contributed by atoms with Crippen LogP contribution in [0.25, 0.3) is 10.9 Å². The largest absolute Gasteiger partial charge is 0.330 e. The number of hydrogen-bond acceptors (Lipinski definition) is 3. The van der Waals surface area contributed by atoms with E-state index >= 15 is 0 Å². The number of carbonyl (C=O) groups excluding carboxylic acids is 1. The van der Waals surface area contributed by atoms with Crippen molar-refractivity contribution in [1.82, 2.24) is 10.2 Å². The number of benzene rings is 1. The van der Waals surface area contributed by atoms with Crippen molar-refractivity contribution in [1.29, 1.82) is 0 Å². The Balaban J connectivity index is 1.87. The molecule has 102 valence electrons. The molecule has 0 aliphatic rings. The molecule has 1 unspecified atom stereocenters. The van der Waals surface area contributed by atoms with E-state index in [-0.39, 0.29) is 5.91 Å². The van der Waals surface area contributed by atoms with Crippen LogP contribution in [0.4, 0.5) is 5.69 Å². The molecule has 1 atom stereocenters. The molecule has 5 nitrogen and oxygen atoms in total. The van der Waals surface area contributed by atoms with Crippen LogP contribution in [-0.2, 0) is 4.79 Å². The number of amides is 1. The molecular weight excluding hydrogens is 240 g/mol. The summed E-state index contributed by atoms with van der Waals surface area (Å²) >= 11 is 0. The Bertz CT molecular complexity index is 549. The monoisotopic (exact) mass is 260 g/mol. The Morgan fingerprint density at radius 2 is 2.32 bits per heavy atom. The topological polar surface area (TPSA) is 83.8 Å². The van der Waals surface area contributed by atoms with Crippen LogP contribution in [0, 0.1) is 5.92 Å². The Morgan fingerprint density at radius 3 is 3.11 bits per heavy atom. The first-order valence-corrected chi connectivity index (χ1v) is 6.62.